The van der Waals surface area contributed by atoms with Gasteiger partial charge in [0, 0.05) is 17.7 Å². The predicted molar refractivity (Wildman–Crippen MR) is 90.1 cm³/mol. The first-order valence-corrected chi connectivity index (χ1v) is 7.25. The molecule has 0 saturated heterocycles. The van der Waals surface area contributed by atoms with E-state index in [1.165, 1.54) is 5.56 Å². The van der Waals surface area contributed by atoms with Gasteiger partial charge < -0.3 is 4.74 Å². The quantitative estimate of drug-likeness (QED) is 0.356. The molecule has 106 valence electrons. The van der Waals surface area contributed by atoms with Gasteiger partial charge in [-0.1, -0.05) is 36.4 Å². The average Bonchev–Trinajstić information content (AvgIpc) is 2.60. The van der Waals surface area contributed by atoms with E-state index in [-0.39, 0.29) is 0 Å². The summed E-state index contributed by atoms with van der Waals surface area (Å²) < 4.78 is 11.3. The van der Waals surface area contributed by atoms with Gasteiger partial charge in [-0.15, -0.1) is 0 Å². The summed E-state index contributed by atoms with van der Waals surface area (Å²) in [5.74, 6) is 0.859. The third kappa shape index (κ3) is 2.01. The summed E-state index contributed by atoms with van der Waals surface area (Å²) in [6, 6.07) is 24.5. The van der Waals surface area contributed by atoms with E-state index in [0.29, 0.717) is 0 Å². The largest absolute Gasteiger partial charge is 0.497 e. The number of hydrogen-bond acceptors (Lipinski definition) is 1. The number of benzene rings is 3. The minimum absolute atomic E-state index is 0.859. The molecule has 2 heteroatoms. The van der Waals surface area contributed by atoms with E-state index in [1.54, 1.807) is 7.11 Å². The predicted octanol–water partition coefficient (Wildman–Crippen LogP) is 5.54. The number of rotatable bonds is 2. The Balaban J connectivity index is 2.11. The Bertz CT molecular complexity index is 902. The molecule has 0 fully saturated rings. The Hall–Kier alpha value is -2.87. The fourth-order valence-corrected chi connectivity index (χ4v) is 2.86. The molecular weight excluding hydrogens is 272 g/mol. The number of fused-ring (bicyclic) bond motifs is 2. The maximum atomic E-state index is 6.03. The third-order valence-electron chi connectivity index (χ3n) is 3.91. The van der Waals surface area contributed by atoms with Gasteiger partial charge in [0.1, 0.15) is 5.75 Å². The molecular formula is C20H15O2+. The van der Waals surface area contributed by atoms with Gasteiger partial charge in [-0.25, -0.2) is 4.42 Å². The molecule has 0 spiro atoms. The van der Waals surface area contributed by atoms with Crippen LogP contribution in [0, 0.1) is 0 Å². The fourth-order valence-electron chi connectivity index (χ4n) is 2.86. The molecule has 22 heavy (non-hydrogen) atoms. The molecule has 0 aliphatic carbocycles. The molecule has 0 amide bonds. The minimum Gasteiger partial charge on any atom is -0.497 e. The van der Waals surface area contributed by atoms with Crippen molar-refractivity contribution in [2.24, 2.45) is 0 Å². The maximum Gasteiger partial charge on any atom is 0.361 e. The van der Waals surface area contributed by atoms with Crippen molar-refractivity contribution < 1.29 is 9.15 Å². The van der Waals surface area contributed by atoms with Crippen molar-refractivity contribution in [2.75, 3.05) is 7.11 Å². The van der Waals surface area contributed by atoms with Crippen LogP contribution < -0.4 is 4.74 Å². The van der Waals surface area contributed by atoms with E-state index in [2.05, 4.69) is 24.3 Å². The van der Waals surface area contributed by atoms with Crippen LogP contribution >= 0.6 is 0 Å². The highest BCUT2D eigenvalue weighted by Crippen LogP contribution is 2.36. The summed E-state index contributed by atoms with van der Waals surface area (Å²) in [4.78, 5) is 0. The third-order valence-corrected chi connectivity index (χ3v) is 3.91. The van der Waals surface area contributed by atoms with Gasteiger partial charge in [-0.2, -0.15) is 0 Å². The van der Waals surface area contributed by atoms with Crippen LogP contribution in [0.25, 0.3) is 33.1 Å². The normalized spacial score (nSPS) is 11.0. The zero-order valence-electron chi connectivity index (χ0n) is 12.2. The molecule has 4 aromatic rings. The minimum atomic E-state index is 0.859. The molecule has 0 radical (unpaired) electrons. The van der Waals surface area contributed by atoms with Gasteiger partial charge >= 0.3 is 11.2 Å². The standard InChI is InChI=1S/C20H15O2/c1-21-15-12-10-14(11-13-15)20-16-6-2-4-8-18(16)22-19-9-5-3-7-17(19)20/h2-13H,1H3/q+1. The van der Waals surface area contributed by atoms with Gasteiger partial charge in [-0.3, -0.25) is 0 Å². The van der Waals surface area contributed by atoms with Crippen LogP contribution in [0.1, 0.15) is 0 Å². The lowest BCUT2D eigenvalue weighted by atomic mass is 9.97. The summed E-state index contributed by atoms with van der Waals surface area (Å²) >= 11 is 0. The van der Waals surface area contributed by atoms with Crippen LogP contribution in [0.2, 0.25) is 0 Å². The van der Waals surface area contributed by atoms with Crippen molar-refractivity contribution >= 4 is 21.9 Å². The monoisotopic (exact) mass is 287 g/mol. The van der Waals surface area contributed by atoms with Crippen LogP contribution in [0.3, 0.4) is 0 Å². The fraction of sp³-hybridized carbons (Fsp3) is 0.0500. The zero-order valence-corrected chi connectivity index (χ0v) is 12.2. The Morgan fingerprint density at radius 3 is 1.77 bits per heavy atom. The average molecular weight is 287 g/mol. The first-order chi connectivity index (χ1) is 10.9. The van der Waals surface area contributed by atoms with Gasteiger partial charge in [-0.05, 0) is 29.8 Å². The van der Waals surface area contributed by atoms with Gasteiger partial charge in [0.05, 0.1) is 17.9 Å². The van der Waals surface area contributed by atoms with E-state index in [0.717, 1.165) is 33.3 Å². The highest BCUT2D eigenvalue weighted by Gasteiger charge is 2.19. The van der Waals surface area contributed by atoms with Crippen LogP contribution in [-0.4, -0.2) is 7.11 Å². The molecule has 1 aromatic heterocycles. The van der Waals surface area contributed by atoms with E-state index < -0.39 is 0 Å². The molecule has 0 aliphatic rings. The molecule has 0 atom stereocenters. The Kier molecular flexibility index (Phi) is 3.01. The van der Waals surface area contributed by atoms with Crippen molar-refractivity contribution in [2.45, 2.75) is 0 Å². The Morgan fingerprint density at radius 2 is 1.23 bits per heavy atom. The Morgan fingerprint density at radius 1 is 0.682 bits per heavy atom. The van der Waals surface area contributed by atoms with E-state index >= 15 is 0 Å². The maximum absolute atomic E-state index is 6.03. The first kappa shape index (κ1) is 12.8. The van der Waals surface area contributed by atoms with Gasteiger partial charge in [0.25, 0.3) is 0 Å². The summed E-state index contributed by atoms with van der Waals surface area (Å²) in [7, 11) is 1.68. The zero-order chi connectivity index (χ0) is 14.9. The Labute approximate surface area is 128 Å². The number of ether oxygens (including phenoxy) is 1. The van der Waals surface area contributed by atoms with Crippen LogP contribution in [0.5, 0.6) is 5.75 Å². The van der Waals surface area contributed by atoms with Crippen molar-refractivity contribution in [1.82, 2.24) is 0 Å². The lowest BCUT2D eigenvalue weighted by Crippen LogP contribution is -1.86. The smallest absolute Gasteiger partial charge is 0.361 e. The second-order valence-electron chi connectivity index (χ2n) is 5.20. The second-order valence-corrected chi connectivity index (χ2v) is 5.20. The molecule has 4 rings (SSSR count). The van der Waals surface area contributed by atoms with E-state index in [1.807, 2.05) is 48.5 Å². The van der Waals surface area contributed by atoms with E-state index in [4.69, 9.17) is 9.15 Å². The molecule has 3 aromatic carbocycles. The highest BCUT2D eigenvalue weighted by molar-refractivity contribution is 6.07. The van der Waals surface area contributed by atoms with Crippen LogP contribution in [0.4, 0.5) is 0 Å². The molecule has 0 bridgehead atoms. The highest BCUT2D eigenvalue weighted by atomic mass is 16.5. The van der Waals surface area contributed by atoms with Crippen molar-refractivity contribution in [3.05, 3.63) is 72.8 Å². The summed E-state index contributed by atoms with van der Waals surface area (Å²) in [5.41, 5.74) is 4.14. The molecule has 0 aliphatic heterocycles. The summed E-state index contributed by atoms with van der Waals surface area (Å²) in [6.07, 6.45) is 0. The second kappa shape index (κ2) is 5.15. The number of hydrogen-bond donors (Lipinski definition) is 0. The molecule has 1 heterocycles. The lowest BCUT2D eigenvalue weighted by molar-refractivity contribution is 0.415. The van der Waals surface area contributed by atoms with E-state index in [9.17, 15) is 0 Å². The van der Waals surface area contributed by atoms with Gasteiger partial charge in [0.15, 0.2) is 0 Å². The number of para-hydroxylation sites is 2. The van der Waals surface area contributed by atoms with Gasteiger partial charge in [0.2, 0.25) is 0 Å². The topological polar surface area (TPSA) is 20.5 Å². The SMILES string of the molecule is COc1ccc(-c2c3ccccc3[o+]c3ccccc23)cc1. The summed E-state index contributed by atoms with van der Waals surface area (Å²) in [6.45, 7) is 0. The van der Waals surface area contributed by atoms with Crippen molar-refractivity contribution in [3.8, 4) is 16.9 Å². The van der Waals surface area contributed by atoms with Crippen molar-refractivity contribution in [3.63, 3.8) is 0 Å². The molecule has 0 unspecified atom stereocenters. The van der Waals surface area contributed by atoms with Crippen molar-refractivity contribution in [1.29, 1.82) is 0 Å². The van der Waals surface area contributed by atoms with Crippen LogP contribution in [0.15, 0.2) is 77.2 Å². The van der Waals surface area contributed by atoms with Crippen LogP contribution in [-0.2, 0) is 0 Å². The molecule has 0 N–H and O–H groups in total. The molecule has 2 nitrogen and oxygen atoms in total. The lowest BCUT2D eigenvalue weighted by Gasteiger charge is -2.06. The molecule has 0 saturated carbocycles. The first-order valence-electron chi connectivity index (χ1n) is 7.25. The summed E-state index contributed by atoms with van der Waals surface area (Å²) in [5, 5.41) is 2.23. The number of methoxy groups -OCH3 is 1.